The van der Waals surface area contributed by atoms with Crippen LogP contribution in [0.25, 0.3) is 10.8 Å². The van der Waals surface area contributed by atoms with Gasteiger partial charge in [-0.1, -0.05) is 48.0 Å². The Labute approximate surface area is 107 Å². The SMILES string of the molecule is [CH2-]Cc1cccc2ccccc12.[Cl-].[Mg+2]. The molecule has 0 fully saturated rings. The average molecular weight is 215 g/mol. The van der Waals surface area contributed by atoms with Crippen molar-refractivity contribution in [3.05, 3.63) is 55.0 Å². The van der Waals surface area contributed by atoms with Gasteiger partial charge in [-0.3, -0.25) is 0 Å². The topological polar surface area (TPSA) is 0 Å². The molecule has 0 spiro atoms. The van der Waals surface area contributed by atoms with Crippen molar-refractivity contribution >= 4 is 33.8 Å². The van der Waals surface area contributed by atoms with Crippen LogP contribution in [0.3, 0.4) is 0 Å². The van der Waals surface area contributed by atoms with E-state index in [1.807, 2.05) is 0 Å². The van der Waals surface area contributed by atoms with Crippen molar-refractivity contribution < 1.29 is 12.4 Å². The largest absolute Gasteiger partial charge is 2.00 e. The van der Waals surface area contributed by atoms with E-state index in [1.54, 1.807) is 0 Å². The minimum Gasteiger partial charge on any atom is -1.00 e. The molecule has 0 unspecified atom stereocenters. The molecule has 0 bridgehead atoms. The second-order valence-corrected chi connectivity index (χ2v) is 2.89. The van der Waals surface area contributed by atoms with Crippen molar-refractivity contribution in [3.63, 3.8) is 0 Å². The molecule has 0 aliphatic rings. The molecule has 0 saturated heterocycles. The Balaban J connectivity index is 0.000000845. The van der Waals surface area contributed by atoms with Gasteiger partial charge in [-0.15, -0.1) is 0 Å². The summed E-state index contributed by atoms with van der Waals surface area (Å²) in [6.45, 7) is 3.91. The maximum absolute atomic E-state index is 3.91. The van der Waals surface area contributed by atoms with Gasteiger partial charge in [0, 0.05) is 0 Å². The van der Waals surface area contributed by atoms with E-state index in [0.717, 1.165) is 6.42 Å². The summed E-state index contributed by atoms with van der Waals surface area (Å²) in [5, 5.41) is 2.63. The molecule has 0 nitrogen and oxygen atoms in total. The van der Waals surface area contributed by atoms with Gasteiger partial charge in [0.1, 0.15) is 0 Å². The third-order valence-electron chi connectivity index (χ3n) is 2.15. The minimum absolute atomic E-state index is 0. The van der Waals surface area contributed by atoms with E-state index >= 15 is 0 Å². The Bertz CT molecular complexity index is 393. The fourth-order valence-electron chi connectivity index (χ4n) is 1.51. The van der Waals surface area contributed by atoms with E-state index in [9.17, 15) is 0 Å². The van der Waals surface area contributed by atoms with E-state index in [0.29, 0.717) is 0 Å². The summed E-state index contributed by atoms with van der Waals surface area (Å²) in [5.41, 5.74) is 1.33. The molecule has 2 heteroatoms. The van der Waals surface area contributed by atoms with E-state index in [4.69, 9.17) is 0 Å². The van der Waals surface area contributed by atoms with Gasteiger partial charge in [0.25, 0.3) is 0 Å². The number of rotatable bonds is 1. The molecule has 0 N–H and O–H groups in total. The molecule has 0 amide bonds. The van der Waals surface area contributed by atoms with Crippen LogP contribution in [0.15, 0.2) is 42.5 Å². The molecule has 0 aromatic heterocycles. The zero-order valence-corrected chi connectivity index (χ0v) is 10.2. The van der Waals surface area contributed by atoms with E-state index in [2.05, 4.69) is 49.4 Å². The van der Waals surface area contributed by atoms with Crippen LogP contribution in [0.2, 0.25) is 0 Å². The zero-order chi connectivity index (χ0) is 8.39. The number of fused-ring (bicyclic) bond motifs is 1. The molecule has 0 radical (unpaired) electrons. The number of hydrogen-bond acceptors (Lipinski definition) is 0. The van der Waals surface area contributed by atoms with Crippen LogP contribution in [0, 0.1) is 6.92 Å². The van der Waals surface area contributed by atoms with Gasteiger partial charge >= 0.3 is 23.1 Å². The van der Waals surface area contributed by atoms with E-state index in [-0.39, 0.29) is 35.5 Å². The van der Waals surface area contributed by atoms with Crippen LogP contribution in [0.1, 0.15) is 5.56 Å². The Morgan fingerprint density at radius 3 is 2.29 bits per heavy atom. The molecule has 2 aromatic rings. The monoisotopic (exact) mass is 214 g/mol. The van der Waals surface area contributed by atoms with Gasteiger partial charge in [-0.05, 0) is 10.8 Å². The predicted molar refractivity (Wildman–Crippen MR) is 58.8 cm³/mol. The van der Waals surface area contributed by atoms with Gasteiger partial charge in [0.15, 0.2) is 0 Å². The average Bonchev–Trinajstić information content (AvgIpc) is 2.17. The van der Waals surface area contributed by atoms with Crippen molar-refractivity contribution in [2.24, 2.45) is 0 Å². The van der Waals surface area contributed by atoms with Gasteiger partial charge in [-0.2, -0.15) is 6.42 Å². The number of halogens is 1. The molecular formula is C12H11ClMg. The van der Waals surface area contributed by atoms with Crippen LogP contribution in [-0.4, -0.2) is 23.1 Å². The molecule has 0 atom stereocenters. The fourth-order valence-corrected chi connectivity index (χ4v) is 1.51. The molecule has 2 aromatic carbocycles. The molecule has 0 saturated carbocycles. The summed E-state index contributed by atoms with van der Waals surface area (Å²) in [6, 6.07) is 14.8. The smallest absolute Gasteiger partial charge is 1.00 e. The summed E-state index contributed by atoms with van der Waals surface area (Å²) in [7, 11) is 0. The summed E-state index contributed by atoms with van der Waals surface area (Å²) in [6.07, 6.45) is 0.862. The van der Waals surface area contributed by atoms with Crippen molar-refractivity contribution in [2.45, 2.75) is 6.42 Å². The first kappa shape index (κ1) is 13.8. The first-order valence-electron chi connectivity index (χ1n) is 4.17. The summed E-state index contributed by atoms with van der Waals surface area (Å²) in [5.74, 6) is 0. The van der Waals surface area contributed by atoms with Crippen LogP contribution in [0.5, 0.6) is 0 Å². The first-order chi connectivity index (χ1) is 5.92. The van der Waals surface area contributed by atoms with Crippen molar-refractivity contribution in [3.8, 4) is 0 Å². The molecule has 0 aliphatic heterocycles. The summed E-state index contributed by atoms with van der Waals surface area (Å²) < 4.78 is 0. The Hall–Kier alpha value is -0.244. The van der Waals surface area contributed by atoms with Gasteiger partial charge in [-0.25, -0.2) is 0 Å². The van der Waals surface area contributed by atoms with E-state index < -0.39 is 0 Å². The maximum atomic E-state index is 3.91. The Morgan fingerprint density at radius 2 is 1.57 bits per heavy atom. The maximum Gasteiger partial charge on any atom is 2.00 e. The fraction of sp³-hybridized carbons (Fsp3) is 0.0833. The second kappa shape index (κ2) is 6.28. The van der Waals surface area contributed by atoms with Crippen LogP contribution in [-0.2, 0) is 6.42 Å². The van der Waals surface area contributed by atoms with E-state index in [1.165, 1.54) is 16.3 Å². The number of benzene rings is 2. The molecule has 0 aliphatic carbocycles. The normalized spacial score (nSPS) is 8.93. The summed E-state index contributed by atoms with van der Waals surface area (Å²) in [4.78, 5) is 0. The third-order valence-corrected chi connectivity index (χ3v) is 2.15. The molecular weight excluding hydrogens is 204 g/mol. The van der Waals surface area contributed by atoms with Crippen LogP contribution in [0.4, 0.5) is 0 Å². The number of hydrogen-bond donors (Lipinski definition) is 0. The Kier molecular flexibility index (Phi) is 6.17. The second-order valence-electron chi connectivity index (χ2n) is 2.89. The molecule has 14 heavy (non-hydrogen) atoms. The quantitative estimate of drug-likeness (QED) is 0.458. The van der Waals surface area contributed by atoms with Crippen LogP contribution < -0.4 is 12.4 Å². The molecule has 0 heterocycles. The standard InChI is InChI=1S/C12H11.ClH.Mg/c1-2-10-7-5-8-11-6-3-4-9-12(10)11;;/h3-9H,1-2H2;1H;/q-1;;+2/p-1. The predicted octanol–water partition coefficient (Wildman–Crippen LogP) is -0.160. The van der Waals surface area contributed by atoms with Gasteiger partial charge < -0.3 is 19.3 Å². The Morgan fingerprint density at radius 1 is 0.929 bits per heavy atom. The van der Waals surface area contributed by atoms with Gasteiger partial charge in [0.2, 0.25) is 0 Å². The summed E-state index contributed by atoms with van der Waals surface area (Å²) >= 11 is 0. The van der Waals surface area contributed by atoms with Gasteiger partial charge in [0.05, 0.1) is 0 Å². The molecule has 68 valence electrons. The van der Waals surface area contributed by atoms with Crippen molar-refractivity contribution in [1.82, 2.24) is 0 Å². The third kappa shape index (κ3) is 2.63. The molecule has 2 rings (SSSR count). The minimum atomic E-state index is 0. The first-order valence-corrected chi connectivity index (χ1v) is 4.17. The van der Waals surface area contributed by atoms with Crippen molar-refractivity contribution in [1.29, 1.82) is 0 Å². The van der Waals surface area contributed by atoms with Crippen molar-refractivity contribution in [2.75, 3.05) is 0 Å². The van der Waals surface area contributed by atoms with Crippen LogP contribution >= 0.6 is 0 Å². The zero-order valence-electron chi connectivity index (χ0n) is 8.04.